The van der Waals surface area contributed by atoms with E-state index in [1.54, 1.807) is 0 Å². The molecule has 0 aliphatic heterocycles. The molecule has 0 aliphatic rings. The smallest absolute Gasteiger partial charge is 0.264 e. The average Bonchev–Trinajstić information content (AvgIpc) is 1.27. The second-order valence-corrected chi connectivity index (χ2v) is 2.29. The van der Waals surface area contributed by atoms with Crippen molar-refractivity contribution in [3.63, 3.8) is 0 Å². The molecule has 0 aliphatic carbocycles. The van der Waals surface area contributed by atoms with Crippen molar-refractivity contribution in [2.75, 3.05) is 5.75 Å². The van der Waals surface area contributed by atoms with Crippen LogP contribution in [0, 0.1) is 0 Å². The Bertz CT molecular complexity index is 106. The lowest BCUT2D eigenvalue weighted by Crippen LogP contribution is -1.89. The third kappa shape index (κ3) is 3500. The maximum atomic E-state index is 8.74. The predicted molar refractivity (Wildman–Crippen MR) is 33.7 cm³/mol. The van der Waals surface area contributed by atoms with E-state index in [1.807, 2.05) is 6.92 Å². The molecule has 0 radical (unpaired) electrons. The molecule has 0 saturated heterocycles. The first-order valence-electron chi connectivity index (χ1n) is 1.72. The van der Waals surface area contributed by atoms with Gasteiger partial charge in [-0.3, -0.25) is 9.11 Å². The van der Waals surface area contributed by atoms with Crippen LogP contribution in [0.4, 0.5) is 0 Å². The zero-order valence-electron chi connectivity index (χ0n) is 4.27. The third-order valence-electron chi connectivity index (χ3n) is 0. The molecule has 0 aromatic rings. The van der Waals surface area contributed by atoms with Gasteiger partial charge >= 0.3 is 10.4 Å². The molecule has 6 heteroatoms. The molecule has 0 saturated carbocycles. The minimum Gasteiger partial charge on any atom is -0.264 e. The summed E-state index contributed by atoms with van der Waals surface area (Å²) in [4.78, 5) is 0. The first kappa shape index (κ1) is 11.1. The summed E-state index contributed by atoms with van der Waals surface area (Å²) in [5.74, 6) is 0.944. The van der Waals surface area contributed by atoms with Crippen LogP contribution in [-0.4, -0.2) is 23.3 Å². The molecule has 2 N–H and O–H groups in total. The van der Waals surface area contributed by atoms with E-state index in [-0.39, 0.29) is 0 Å². The molecule has 0 unspecified atom stereocenters. The highest BCUT2D eigenvalue weighted by atomic mass is 32.3. The number of hydrogen-bond acceptors (Lipinski definition) is 3. The molecule has 4 nitrogen and oxygen atoms in total. The van der Waals surface area contributed by atoms with Crippen LogP contribution in [-0.2, 0) is 10.4 Å². The largest absolute Gasteiger partial charge is 0.394 e. The first-order chi connectivity index (χ1) is 3.41. The van der Waals surface area contributed by atoms with Crippen molar-refractivity contribution < 1.29 is 17.5 Å². The van der Waals surface area contributed by atoms with Crippen molar-refractivity contribution >= 4 is 23.0 Å². The lowest BCUT2D eigenvalue weighted by atomic mass is 11.0. The monoisotopic (exact) mass is 160 g/mol. The summed E-state index contributed by atoms with van der Waals surface area (Å²) in [6.45, 7) is 1.99. The van der Waals surface area contributed by atoms with E-state index in [0.717, 1.165) is 5.75 Å². The lowest BCUT2D eigenvalue weighted by Gasteiger charge is -1.68. The van der Waals surface area contributed by atoms with Gasteiger partial charge in [-0.15, -0.1) is 0 Å². The minimum absolute atomic E-state index is 0.944. The van der Waals surface area contributed by atoms with Gasteiger partial charge in [0.25, 0.3) is 0 Å². The standard InChI is InChI=1S/C2H6S.H2O4S/c1-2-3;1-5(2,3)4/h3H,2H2,1H3;(H2,1,2,3,4). The molecule has 0 spiro atoms. The summed E-state index contributed by atoms with van der Waals surface area (Å²) in [6.07, 6.45) is 0. The van der Waals surface area contributed by atoms with Gasteiger partial charge in [-0.2, -0.15) is 21.0 Å². The van der Waals surface area contributed by atoms with Crippen LogP contribution in [0.5, 0.6) is 0 Å². The maximum Gasteiger partial charge on any atom is 0.394 e. The molecule has 0 fully saturated rings. The van der Waals surface area contributed by atoms with E-state index in [2.05, 4.69) is 12.6 Å². The Labute approximate surface area is 53.9 Å². The van der Waals surface area contributed by atoms with Crippen LogP contribution in [0.25, 0.3) is 0 Å². The van der Waals surface area contributed by atoms with Crippen LogP contribution < -0.4 is 0 Å². The topological polar surface area (TPSA) is 74.6 Å². The molecule has 8 heavy (non-hydrogen) atoms. The Hall–Kier alpha value is 0.220. The highest BCUT2D eigenvalue weighted by Crippen LogP contribution is 1.59. The zero-order valence-corrected chi connectivity index (χ0v) is 5.98. The molecule has 0 aromatic heterocycles. The van der Waals surface area contributed by atoms with Crippen LogP contribution >= 0.6 is 12.6 Å². The fraction of sp³-hybridized carbons (Fsp3) is 1.00. The fourth-order valence-electron chi connectivity index (χ4n) is 0. The van der Waals surface area contributed by atoms with Gasteiger partial charge in [0.15, 0.2) is 0 Å². The molecular formula is C2H8O4S2. The van der Waals surface area contributed by atoms with E-state index >= 15 is 0 Å². The summed E-state index contributed by atoms with van der Waals surface area (Å²) >= 11 is 3.79. The van der Waals surface area contributed by atoms with Gasteiger partial charge < -0.3 is 0 Å². The quantitative estimate of drug-likeness (QED) is 0.351. The molecule has 0 amide bonds. The Morgan fingerprint density at radius 1 is 1.50 bits per heavy atom. The fourth-order valence-corrected chi connectivity index (χ4v) is 0. The van der Waals surface area contributed by atoms with E-state index in [0.29, 0.717) is 0 Å². The number of hydrogen-bond donors (Lipinski definition) is 3. The third-order valence-corrected chi connectivity index (χ3v) is 0. The Balaban J connectivity index is 0. The van der Waals surface area contributed by atoms with Gasteiger partial charge in [0, 0.05) is 0 Å². The van der Waals surface area contributed by atoms with E-state index in [1.165, 1.54) is 0 Å². The SMILES string of the molecule is CCS.O=S(=O)(O)O. The average molecular weight is 160 g/mol. The van der Waals surface area contributed by atoms with Crippen molar-refractivity contribution in [3.8, 4) is 0 Å². The molecule has 0 aromatic carbocycles. The summed E-state index contributed by atoms with van der Waals surface area (Å²) in [6, 6.07) is 0. The van der Waals surface area contributed by atoms with Crippen molar-refractivity contribution in [1.82, 2.24) is 0 Å². The first-order valence-corrected chi connectivity index (χ1v) is 3.75. The number of thiol groups is 1. The van der Waals surface area contributed by atoms with E-state index in [9.17, 15) is 0 Å². The van der Waals surface area contributed by atoms with Crippen molar-refractivity contribution in [2.45, 2.75) is 6.92 Å². The van der Waals surface area contributed by atoms with Gasteiger partial charge in [0.2, 0.25) is 0 Å². The summed E-state index contributed by atoms with van der Waals surface area (Å²) in [7, 11) is -4.67. The van der Waals surface area contributed by atoms with Crippen molar-refractivity contribution in [1.29, 1.82) is 0 Å². The second kappa shape index (κ2) is 5.36. The highest BCUT2D eigenvalue weighted by molar-refractivity contribution is 7.80. The molecular weight excluding hydrogens is 152 g/mol. The highest BCUT2D eigenvalue weighted by Gasteiger charge is 1.84. The lowest BCUT2D eigenvalue weighted by molar-refractivity contribution is 0.381. The van der Waals surface area contributed by atoms with Crippen molar-refractivity contribution in [3.05, 3.63) is 0 Å². The van der Waals surface area contributed by atoms with Crippen LogP contribution in [0.3, 0.4) is 0 Å². The van der Waals surface area contributed by atoms with Gasteiger partial charge in [0.05, 0.1) is 0 Å². The van der Waals surface area contributed by atoms with Crippen molar-refractivity contribution in [2.24, 2.45) is 0 Å². The Kier molecular flexibility index (Phi) is 7.42. The normalized spacial score (nSPS) is 9.50. The second-order valence-electron chi connectivity index (χ2n) is 0.764. The Morgan fingerprint density at radius 3 is 1.50 bits per heavy atom. The minimum atomic E-state index is -4.67. The maximum absolute atomic E-state index is 8.74. The van der Waals surface area contributed by atoms with Gasteiger partial charge in [-0.25, -0.2) is 0 Å². The zero-order chi connectivity index (χ0) is 7.21. The van der Waals surface area contributed by atoms with E-state index in [4.69, 9.17) is 17.5 Å². The molecule has 0 atom stereocenters. The van der Waals surface area contributed by atoms with E-state index < -0.39 is 10.4 Å². The summed E-state index contributed by atoms with van der Waals surface area (Å²) < 4.78 is 31.6. The molecule has 52 valence electrons. The van der Waals surface area contributed by atoms with Crippen LogP contribution in [0.15, 0.2) is 0 Å². The van der Waals surface area contributed by atoms with Gasteiger partial charge in [-0.05, 0) is 5.75 Å². The summed E-state index contributed by atoms with van der Waals surface area (Å²) in [5, 5.41) is 0. The molecule has 0 bridgehead atoms. The Morgan fingerprint density at radius 2 is 1.50 bits per heavy atom. The van der Waals surface area contributed by atoms with Crippen LogP contribution in [0.2, 0.25) is 0 Å². The molecule has 0 heterocycles. The van der Waals surface area contributed by atoms with Gasteiger partial charge in [0.1, 0.15) is 0 Å². The summed E-state index contributed by atoms with van der Waals surface area (Å²) in [5.41, 5.74) is 0. The van der Waals surface area contributed by atoms with Crippen LogP contribution in [0.1, 0.15) is 6.92 Å². The number of rotatable bonds is 0. The molecule has 0 rings (SSSR count). The predicted octanol–water partition coefficient (Wildman–Crippen LogP) is 0.283. The van der Waals surface area contributed by atoms with Gasteiger partial charge in [-0.1, -0.05) is 6.92 Å².